The number of carboxylic acids is 2. The predicted octanol–water partition coefficient (Wildman–Crippen LogP) is -2.63. The first-order valence-corrected chi connectivity index (χ1v) is 7.04. The van der Waals surface area contributed by atoms with Crippen LogP contribution in [0.15, 0.2) is 0 Å². The van der Waals surface area contributed by atoms with Crippen LogP contribution in [0, 0.1) is 5.92 Å². The average Bonchev–Trinajstić information content (AvgIpc) is 2.41. The van der Waals surface area contributed by atoms with Gasteiger partial charge in [-0.05, 0) is 5.92 Å². The van der Waals surface area contributed by atoms with E-state index in [4.69, 9.17) is 21.7 Å². The Hall–Kier alpha value is -2.69. The third-order valence-corrected chi connectivity index (χ3v) is 3.00. The highest BCUT2D eigenvalue weighted by Crippen LogP contribution is 2.04. The van der Waals surface area contributed by atoms with Crippen LogP contribution >= 0.6 is 0 Å². The smallest absolute Gasteiger partial charge is 0.326 e. The molecule has 3 amide bonds. The number of aliphatic carboxylic acids is 2. The quantitative estimate of drug-likeness (QED) is 0.246. The molecule has 0 saturated carbocycles. The van der Waals surface area contributed by atoms with E-state index in [1.165, 1.54) is 0 Å². The van der Waals surface area contributed by atoms with Crippen molar-refractivity contribution in [1.82, 2.24) is 10.6 Å². The van der Waals surface area contributed by atoms with Gasteiger partial charge >= 0.3 is 11.9 Å². The summed E-state index contributed by atoms with van der Waals surface area (Å²) in [5.74, 6) is -5.95. The molecule has 8 N–H and O–H groups in total. The number of nitrogens with two attached hydrogens (primary N) is 2. The first-order valence-electron chi connectivity index (χ1n) is 7.04. The Bertz CT molecular complexity index is 520. The molecule has 0 spiro atoms. The summed E-state index contributed by atoms with van der Waals surface area (Å²) in [6.45, 7) is 3.10. The summed E-state index contributed by atoms with van der Waals surface area (Å²) in [7, 11) is 0. The summed E-state index contributed by atoms with van der Waals surface area (Å²) in [6.07, 6.45) is -1.28. The van der Waals surface area contributed by atoms with Crippen LogP contribution in [0.2, 0.25) is 0 Å². The van der Waals surface area contributed by atoms with Crippen LogP contribution in [0.3, 0.4) is 0 Å². The molecular weight excluding hydrogens is 324 g/mol. The highest BCUT2D eigenvalue weighted by Gasteiger charge is 2.31. The van der Waals surface area contributed by atoms with Crippen LogP contribution in [-0.4, -0.2) is 58.0 Å². The minimum absolute atomic E-state index is 0.468. The molecule has 0 bridgehead atoms. The van der Waals surface area contributed by atoms with Crippen molar-refractivity contribution < 1.29 is 34.2 Å². The first-order chi connectivity index (χ1) is 11.0. The minimum Gasteiger partial charge on any atom is -0.481 e. The standard InChI is InChI=1S/C13H22N4O7/c1-5(2)10(13(23)24)17-12(22)7(4-9(19)20)16-11(21)6(14)3-8(15)18/h5-7,10H,3-4,14H2,1-2H3,(H2,15,18)(H,16,21)(H,17,22)(H,19,20)(H,23,24). The van der Waals surface area contributed by atoms with Crippen LogP contribution in [0.1, 0.15) is 26.7 Å². The molecule has 3 atom stereocenters. The molecule has 0 heterocycles. The lowest BCUT2D eigenvalue weighted by Crippen LogP contribution is -2.56. The summed E-state index contributed by atoms with van der Waals surface area (Å²) in [5, 5.41) is 22.1. The fourth-order valence-electron chi connectivity index (χ4n) is 1.74. The highest BCUT2D eigenvalue weighted by molar-refractivity contribution is 5.95. The average molecular weight is 346 g/mol. The summed E-state index contributed by atoms with van der Waals surface area (Å²) < 4.78 is 0. The maximum atomic E-state index is 12.1. The molecule has 0 aromatic rings. The van der Waals surface area contributed by atoms with E-state index in [9.17, 15) is 24.0 Å². The van der Waals surface area contributed by atoms with Gasteiger partial charge in [-0.3, -0.25) is 19.2 Å². The maximum Gasteiger partial charge on any atom is 0.326 e. The van der Waals surface area contributed by atoms with Gasteiger partial charge in [-0.25, -0.2) is 4.79 Å². The van der Waals surface area contributed by atoms with Gasteiger partial charge in [0.05, 0.1) is 18.9 Å². The molecular formula is C13H22N4O7. The molecule has 3 unspecified atom stereocenters. The van der Waals surface area contributed by atoms with Crippen molar-refractivity contribution >= 4 is 29.7 Å². The predicted molar refractivity (Wildman–Crippen MR) is 80.4 cm³/mol. The summed E-state index contributed by atoms with van der Waals surface area (Å²) >= 11 is 0. The summed E-state index contributed by atoms with van der Waals surface area (Å²) in [4.78, 5) is 56.5. The van der Waals surface area contributed by atoms with E-state index in [0.29, 0.717) is 0 Å². The van der Waals surface area contributed by atoms with Gasteiger partial charge in [0.1, 0.15) is 12.1 Å². The van der Waals surface area contributed by atoms with Crippen LogP contribution in [-0.2, 0) is 24.0 Å². The number of nitrogens with one attached hydrogen (secondary N) is 2. The van der Waals surface area contributed by atoms with Gasteiger partial charge in [-0.1, -0.05) is 13.8 Å². The zero-order chi connectivity index (χ0) is 19.0. The maximum absolute atomic E-state index is 12.1. The topological polar surface area (TPSA) is 202 Å². The van der Waals surface area contributed by atoms with Gasteiger partial charge in [-0.2, -0.15) is 0 Å². The molecule has 0 rings (SSSR count). The normalized spacial score (nSPS) is 14.3. The lowest BCUT2D eigenvalue weighted by atomic mass is 10.0. The molecule has 0 aromatic carbocycles. The SMILES string of the molecule is CC(C)C(NC(=O)C(CC(=O)O)NC(=O)C(N)CC(N)=O)C(=O)O. The second-order valence-corrected chi connectivity index (χ2v) is 5.50. The van der Waals surface area contributed by atoms with Gasteiger partial charge in [-0.15, -0.1) is 0 Å². The van der Waals surface area contributed by atoms with Crippen molar-refractivity contribution in [2.45, 2.75) is 44.8 Å². The molecule has 0 aliphatic carbocycles. The van der Waals surface area contributed by atoms with Crippen LogP contribution < -0.4 is 22.1 Å². The Balaban J connectivity index is 5.08. The number of rotatable bonds is 10. The Morgan fingerprint density at radius 3 is 1.88 bits per heavy atom. The number of carbonyl (C=O) groups excluding carboxylic acids is 3. The molecule has 136 valence electrons. The second-order valence-electron chi connectivity index (χ2n) is 5.50. The molecule has 0 saturated heterocycles. The van der Waals surface area contributed by atoms with Crippen molar-refractivity contribution in [1.29, 1.82) is 0 Å². The van der Waals surface area contributed by atoms with E-state index in [2.05, 4.69) is 10.6 Å². The molecule has 0 aliphatic rings. The van der Waals surface area contributed by atoms with E-state index in [0.717, 1.165) is 0 Å². The Morgan fingerprint density at radius 1 is 0.958 bits per heavy atom. The Kier molecular flexibility index (Phi) is 8.39. The van der Waals surface area contributed by atoms with E-state index in [1.54, 1.807) is 13.8 Å². The fourth-order valence-corrected chi connectivity index (χ4v) is 1.74. The van der Waals surface area contributed by atoms with Crippen molar-refractivity contribution in [3.05, 3.63) is 0 Å². The molecule has 0 radical (unpaired) electrons. The number of amides is 3. The van der Waals surface area contributed by atoms with Crippen molar-refractivity contribution in [2.75, 3.05) is 0 Å². The van der Waals surface area contributed by atoms with E-state index < -0.39 is 66.5 Å². The first kappa shape index (κ1) is 21.3. The van der Waals surface area contributed by atoms with Crippen molar-refractivity contribution in [3.63, 3.8) is 0 Å². The zero-order valence-corrected chi connectivity index (χ0v) is 13.3. The van der Waals surface area contributed by atoms with Crippen molar-refractivity contribution in [3.8, 4) is 0 Å². The van der Waals surface area contributed by atoms with Gasteiger partial charge in [0.2, 0.25) is 17.7 Å². The van der Waals surface area contributed by atoms with Gasteiger partial charge in [0, 0.05) is 0 Å². The fraction of sp³-hybridized carbons (Fsp3) is 0.615. The van der Waals surface area contributed by atoms with Gasteiger partial charge in [0.15, 0.2) is 0 Å². The molecule has 11 heteroatoms. The van der Waals surface area contributed by atoms with E-state index in [-0.39, 0.29) is 0 Å². The Labute approximate surface area is 137 Å². The molecule has 24 heavy (non-hydrogen) atoms. The largest absolute Gasteiger partial charge is 0.481 e. The number of carbonyl (C=O) groups is 5. The van der Waals surface area contributed by atoms with E-state index >= 15 is 0 Å². The monoisotopic (exact) mass is 346 g/mol. The summed E-state index contributed by atoms with van der Waals surface area (Å²) in [6, 6.07) is -4.16. The van der Waals surface area contributed by atoms with E-state index in [1.807, 2.05) is 0 Å². The zero-order valence-electron chi connectivity index (χ0n) is 13.3. The second kappa shape index (κ2) is 9.45. The molecule has 0 aromatic heterocycles. The highest BCUT2D eigenvalue weighted by atomic mass is 16.4. The van der Waals surface area contributed by atoms with Crippen LogP contribution in [0.25, 0.3) is 0 Å². The number of hydrogen-bond donors (Lipinski definition) is 6. The van der Waals surface area contributed by atoms with Crippen LogP contribution in [0.5, 0.6) is 0 Å². The number of primary amides is 1. The molecule has 11 nitrogen and oxygen atoms in total. The number of carboxylic acid groups (broad SMARTS) is 2. The molecule has 0 aliphatic heterocycles. The lowest BCUT2D eigenvalue weighted by molar-refractivity contribution is -0.144. The van der Waals surface area contributed by atoms with Crippen molar-refractivity contribution in [2.24, 2.45) is 17.4 Å². The number of hydrogen-bond acceptors (Lipinski definition) is 6. The van der Waals surface area contributed by atoms with Gasteiger partial charge in [0.25, 0.3) is 0 Å². The minimum atomic E-state index is -1.55. The third-order valence-electron chi connectivity index (χ3n) is 3.00. The third kappa shape index (κ3) is 7.54. The molecule has 0 fully saturated rings. The van der Waals surface area contributed by atoms with Crippen LogP contribution in [0.4, 0.5) is 0 Å². The summed E-state index contributed by atoms with van der Waals surface area (Å²) in [5.41, 5.74) is 10.3. The Morgan fingerprint density at radius 2 is 1.50 bits per heavy atom. The lowest BCUT2D eigenvalue weighted by Gasteiger charge is -2.23. The van der Waals surface area contributed by atoms with Gasteiger partial charge < -0.3 is 32.3 Å².